The quantitative estimate of drug-likeness (QED) is 0.391. The summed E-state index contributed by atoms with van der Waals surface area (Å²) in [4.78, 5) is 20.8. The smallest absolute Gasteiger partial charge is 0.253 e. The van der Waals surface area contributed by atoms with E-state index in [1.165, 1.54) is 11.1 Å². The lowest BCUT2D eigenvalue weighted by Gasteiger charge is -2.28. The second-order valence-corrected chi connectivity index (χ2v) is 8.17. The van der Waals surface area contributed by atoms with Crippen molar-refractivity contribution in [3.05, 3.63) is 70.8 Å². The highest BCUT2D eigenvalue weighted by molar-refractivity contribution is 5.93. The second kappa shape index (κ2) is 11.5. The van der Waals surface area contributed by atoms with Gasteiger partial charge in [-0.05, 0) is 48.6 Å². The molecule has 1 heterocycles. The zero-order chi connectivity index (χ0) is 22.1. The van der Waals surface area contributed by atoms with Gasteiger partial charge in [-0.1, -0.05) is 36.4 Å². The molecule has 0 saturated heterocycles. The SMILES string of the molecule is CCNC(=NCc1ccc(C(=O)N(C)C)cc1)NCCCN1CCc2ccccc2C1. The van der Waals surface area contributed by atoms with E-state index < -0.39 is 0 Å². The Morgan fingerprint density at radius 3 is 2.52 bits per heavy atom. The molecule has 1 amide bonds. The molecule has 31 heavy (non-hydrogen) atoms. The maximum Gasteiger partial charge on any atom is 0.253 e. The summed E-state index contributed by atoms with van der Waals surface area (Å²) in [5.74, 6) is 0.849. The van der Waals surface area contributed by atoms with Crippen molar-refractivity contribution in [1.82, 2.24) is 20.4 Å². The fourth-order valence-electron chi connectivity index (χ4n) is 3.78. The summed E-state index contributed by atoms with van der Waals surface area (Å²) < 4.78 is 0. The average Bonchev–Trinajstić information content (AvgIpc) is 2.79. The van der Waals surface area contributed by atoms with Crippen LogP contribution in [0.1, 0.15) is 40.4 Å². The predicted molar refractivity (Wildman–Crippen MR) is 127 cm³/mol. The van der Waals surface area contributed by atoms with Crippen LogP contribution < -0.4 is 10.6 Å². The molecule has 1 aliphatic heterocycles. The average molecular weight is 422 g/mol. The highest BCUT2D eigenvalue weighted by Gasteiger charge is 2.14. The van der Waals surface area contributed by atoms with Crippen LogP contribution in [0.2, 0.25) is 0 Å². The minimum Gasteiger partial charge on any atom is -0.357 e. The third-order valence-electron chi connectivity index (χ3n) is 5.52. The Labute approximate surface area is 186 Å². The van der Waals surface area contributed by atoms with Gasteiger partial charge >= 0.3 is 0 Å². The van der Waals surface area contributed by atoms with Gasteiger partial charge in [-0.25, -0.2) is 4.99 Å². The monoisotopic (exact) mass is 421 g/mol. The number of hydrogen-bond acceptors (Lipinski definition) is 3. The normalized spacial score (nSPS) is 14.1. The second-order valence-electron chi connectivity index (χ2n) is 8.17. The van der Waals surface area contributed by atoms with Crippen LogP contribution in [0.25, 0.3) is 0 Å². The molecule has 1 aliphatic rings. The number of carbonyl (C=O) groups is 1. The first-order valence-electron chi connectivity index (χ1n) is 11.2. The summed E-state index contributed by atoms with van der Waals surface area (Å²) in [5.41, 5.74) is 4.75. The molecular weight excluding hydrogens is 386 g/mol. The molecule has 6 heteroatoms. The molecular formula is C25H35N5O. The van der Waals surface area contributed by atoms with Crippen molar-refractivity contribution >= 4 is 11.9 Å². The number of nitrogens with one attached hydrogen (secondary N) is 2. The van der Waals surface area contributed by atoms with Gasteiger partial charge in [0.05, 0.1) is 6.54 Å². The van der Waals surface area contributed by atoms with E-state index in [4.69, 9.17) is 4.99 Å². The number of benzene rings is 2. The zero-order valence-corrected chi connectivity index (χ0v) is 19.0. The van der Waals surface area contributed by atoms with E-state index in [1.54, 1.807) is 19.0 Å². The first-order chi connectivity index (χ1) is 15.1. The molecule has 0 atom stereocenters. The molecule has 0 aromatic heterocycles. The van der Waals surface area contributed by atoms with Gasteiger partial charge in [0.1, 0.15) is 0 Å². The summed E-state index contributed by atoms with van der Waals surface area (Å²) >= 11 is 0. The number of carbonyl (C=O) groups excluding carboxylic acids is 1. The Kier molecular flexibility index (Phi) is 8.47. The summed E-state index contributed by atoms with van der Waals surface area (Å²) in [6, 6.07) is 16.4. The van der Waals surface area contributed by atoms with Crippen molar-refractivity contribution < 1.29 is 4.79 Å². The van der Waals surface area contributed by atoms with Crippen LogP contribution in [-0.2, 0) is 19.5 Å². The van der Waals surface area contributed by atoms with Crippen molar-refractivity contribution in [2.24, 2.45) is 4.99 Å². The number of amides is 1. The van der Waals surface area contributed by atoms with Crippen LogP contribution in [-0.4, -0.2) is 61.9 Å². The van der Waals surface area contributed by atoms with Gasteiger partial charge < -0.3 is 15.5 Å². The van der Waals surface area contributed by atoms with Gasteiger partial charge in [0.25, 0.3) is 5.91 Å². The largest absolute Gasteiger partial charge is 0.357 e. The standard InChI is InChI=1S/C25H35N5O/c1-4-26-25(28-18-20-10-12-22(13-11-20)24(31)29(2)3)27-15-7-16-30-17-14-21-8-5-6-9-23(21)19-30/h5-6,8-13H,4,7,14-19H2,1-3H3,(H2,26,27,28). The lowest BCUT2D eigenvalue weighted by Crippen LogP contribution is -2.39. The van der Waals surface area contributed by atoms with Gasteiger partial charge in [0.2, 0.25) is 0 Å². The molecule has 0 bridgehead atoms. The van der Waals surface area contributed by atoms with E-state index in [-0.39, 0.29) is 5.91 Å². The third-order valence-corrected chi connectivity index (χ3v) is 5.52. The Morgan fingerprint density at radius 1 is 1.06 bits per heavy atom. The van der Waals surface area contributed by atoms with Crippen LogP contribution in [0.15, 0.2) is 53.5 Å². The number of aliphatic imine (C=N–C) groups is 1. The van der Waals surface area contributed by atoms with Crippen LogP contribution in [0.4, 0.5) is 0 Å². The number of rotatable bonds is 8. The fourth-order valence-corrected chi connectivity index (χ4v) is 3.78. The lowest BCUT2D eigenvalue weighted by molar-refractivity contribution is 0.0827. The molecule has 0 fully saturated rings. The van der Waals surface area contributed by atoms with Gasteiger partial charge in [0, 0.05) is 52.4 Å². The van der Waals surface area contributed by atoms with E-state index in [2.05, 4.69) is 46.7 Å². The topological polar surface area (TPSA) is 60.0 Å². The summed E-state index contributed by atoms with van der Waals surface area (Å²) in [6.07, 6.45) is 2.22. The third kappa shape index (κ3) is 6.82. The van der Waals surface area contributed by atoms with Gasteiger partial charge in [-0.3, -0.25) is 9.69 Å². The molecule has 2 aromatic rings. The van der Waals surface area contributed by atoms with Gasteiger partial charge in [0.15, 0.2) is 5.96 Å². The van der Waals surface area contributed by atoms with Crippen LogP contribution >= 0.6 is 0 Å². The molecule has 0 radical (unpaired) electrons. The highest BCUT2D eigenvalue weighted by atomic mass is 16.2. The van der Waals surface area contributed by atoms with E-state index in [0.29, 0.717) is 12.1 Å². The Bertz CT molecular complexity index is 876. The molecule has 3 rings (SSSR count). The Hall–Kier alpha value is -2.86. The summed E-state index contributed by atoms with van der Waals surface area (Å²) in [5, 5.41) is 6.76. The van der Waals surface area contributed by atoms with Crippen LogP contribution in [0.3, 0.4) is 0 Å². The summed E-state index contributed by atoms with van der Waals surface area (Å²) in [6.45, 7) is 7.64. The molecule has 0 saturated carbocycles. The van der Waals surface area contributed by atoms with Crippen molar-refractivity contribution in [1.29, 1.82) is 0 Å². The highest BCUT2D eigenvalue weighted by Crippen LogP contribution is 2.18. The molecule has 0 spiro atoms. The van der Waals surface area contributed by atoms with Crippen LogP contribution in [0, 0.1) is 0 Å². The van der Waals surface area contributed by atoms with E-state index in [9.17, 15) is 4.79 Å². The minimum atomic E-state index is 0.0160. The molecule has 0 unspecified atom stereocenters. The van der Waals surface area contributed by atoms with Crippen molar-refractivity contribution in [3.63, 3.8) is 0 Å². The number of fused-ring (bicyclic) bond motifs is 1. The molecule has 6 nitrogen and oxygen atoms in total. The first-order valence-corrected chi connectivity index (χ1v) is 11.2. The van der Waals surface area contributed by atoms with Gasteiger partial charge in [-0.15, -0.1) is 0 Å². The maximum absolute atomic E-state index is 12.0. The number of guanidine groups is 1. The molecule has 0 aliphatic carbocycles. The van der Waals surface area contributed by atoms with Crippen molar-refractivity contribution in [3.8, 4) is 0 Å². The lowest BCUT2D eigenvalue weighted by atomic mass is 10.00. The summed E-state index contributed by atoms with van der Waals surface area (Å²) in [7, 11) is 3.53. The maximum atomic E-state index is 12.0. The van der Waals surface area contributed by atoms with E-state index in [1.807, 2.05) is 24.3 Å². The van der Waals surface area contributed by atoms with E-state index in [0.717, 1.165) is 57.1 Å². The number of nitrogens with zero attached hydrogens (tertiary/aromatic N) is 3. The molecule has 2 aromatic carbocycles. The number of hydrogen-bond donors (Lipinski definition) is 2. The fraction of sp³-hybridized carbons (Fsp3) is 0.440. The zero-order valence-electron chi connectivity index (χ0n) is 19.0. The molecule has 166 valence electrons. The van der Waals surface area contributed by atoms with Crippen molar-refractivity contribution in [2.75, 3.05) is 40.3 Å². The Morgan fingerprint density at radius 2 is 1.81 bits per heavy atom. The van der Waals surface area contributed by atoms with Gasteiger partial charge in [-0.2, -0.15) is 0 Å². The Balaban J connectivity index is 1.44. The van der Waals surface area contributed by atoms with Crippen LogP contribution in [0.5, 0.6) is 0 Å². The predicted octanol–water partition coefficient (Wildman–Crippen LogP) is 2.89. The molecule has 2 N–H and O–H groups in total. The van der Waals surface area contributed by atoms with Crippen molar-refractivity contribution in [2.45, 2.75) is 32.9 Å². The van der Waals surface area contributed by atoms with E-state index >= 15 is 0 Å². The first kappa shape index (κ1) is 22.8. The minimum absolute atomic E-state index is 0.0160.